The molecule has 3 fully saturated rings. The number of halogens is 1. The first-order valence-electron chi connectivity index (χ1n) is 11.4. The van der Waals surface area contributed by atoms with E-state index in [9.17, 15) is 13.2 Å². The second-order valence-corrected chi connectivity index (χ2v) is 11.2. The fraction of sp³-hybridized carbons (Fsp3) is 0.417. The van der Waals surface area contributed by atoms with Gasteiger partial charge in [-0.2, -0.15) is 4.31 Å². The number of sulfonamides is 1. The summed E-state index contributed by atoms with van der Waals surface area (Å²) in [7, 11) is -4.01. The number of benzene rings is 2. The van der Waals surface area contributed by atoms with Crippen LogP contribution in [-0.2, 0) is 19.6 Å². The van der Waals surface area contributed by atoms with Crippen LogP contribution in [0.1, 0.15) is 25.7 Å². The number of rotatable bonds is 4. The third-order valence-corrected chi connectivity index (χ3v) is 9.05. The quantitative estimate of drug-likeness (QED) is 0.564. The van der Waals surface area contributed by atoms with Crippen molar-refractivity contribution in [1.29, 1.82) is 0 Å². The Morgan fingerprint density at radius 3 is 2.53 bits per heavy atom. The molecular formula is C24H24FN3O5S. The predicted molar refractivity (Wildman–Crippen MR) is 121 cm³/mol. The van der Waals surface area contributed by atoms with Gasteiger partial charge in [0.05, 0.1) is 12.1 Å². The minimum atomic E-state index is -4.01. The summed E-state index contributed by atoms with van der Waals surface area (Å²) in [6, 6.07) is 9.76. The third kappa shape index (κ3) is 3.70. The van der Waals surface area contributed by atoms with Gasteiger partial charge in [-0.3, -0.25) is 4.79 Å². The largest absolute Gasteiger partial charge is 0.443 e. The lowest BCUT2D eigenvalue weighted by Crippen LogP contribution is -2.59. The average Bonchev–Trinajstić information content (AvgIpc) is 3.57. The number of piperidine rings is 1. The lowest BCUT2D eigenvalue weighted by Gasteiger charge is -2.46. The molecule has 2 aromatic carbocycles. The maximum absolute atomic E-state index is 15.1. The van der Waals surface area contributed by atoms with Crippen molar-refractivity contribution in [2.45, 2.75) is 42.2 Å². The highest BCUT2D eigenvalue weighted by molar-refractivity contribution is 7.89. The predicted octanol–water partition coefficient (Wildman–Crippen LogP) is 3.18. The van der Waals surface area contributed by atoms with E-state index in [1.54, 1.807) is 24.3 Å². The lowest BCUT2D eigenvalue weighted by atomic mass is 9.90. The van der Waals surface area contributed by atoms with E-state index in [1.165, 1.54) is 22.8 Å². The van der Waals surface area contributed by atoms with Crippen molar-refractivity contribution in [3.63, 3.8) is 0 Å². The van der Waals surface area contributed by atoms with E-state index in [0.717, 1.165) is 12.8 Å². The second-order valence-electron chi connectivity index (χ2n) is 9.31. The van der Waals surface area contributed by atoms with Gasteiger partial charge in [0.15, 0.2) is 12.0 Å². The van der Waals surface area contributed by atoms with E-state index in [-0.39, 0.29) is 30.5 Å². The molecule has 1 spiro atoms. The Morgan fingerprint density at radius 2 is 1.79 bits per heavy atom. The molecule has 0 bridgehead atoms. The second kappa shape index (κ2) is 7.86. The summed E-state index contributed by atoms with van der Waals surface area (Å²) in [4.78, 5) is 17.8. The number of amides is 1. The van der Waals surface area contributed by atoms with Gasteiger partial charge in [0.25, 0.3) is 0 Å². The molecule has 0 unspecified atom stereocenters. The zero-order valence-corrected chi connectivity index (χ0v) is 19.3. The summed E-state index contributed by atoms with van der Waals surface area (Å²) in [6.07, 6.45) is 4.32. The highest BCUT2D eigenvalue weighted by Gasteiger charge is 2.47. The van der Waals surface area contributed by atoms with Crippen LogP contribution >= 0.6 is 0 Å². The average molecular weight is 486 g/mol. The van der Waals surface area contributed by atoms with Gasteiger partial charge in [-0.25, -0.2) is 17.8 Å². The van der Waals surface area contributed by atoms with Crippen molar-refractivity contribution in [3.8, 4) is 11.1 Å². The van der Waals surface area contributed by atoms with Crippen LogP contribution in [0.4, 0.5) is 4.39 Å². The molecule has 3 aromatic rings. The van der Waals surface area contributed by atoms with Gasteiger partial charge in [-0.05, 0) is 61.1 Å². The van der Waals surface area contributed by atoms with Crippen LogP contribution in [0.2, 0.25) is 0 Å². The number of hydrogen-bond acceptors (Lipinski definition) is 6. The molecule has 3 heterocycles. The summed E-state index contributed by atoms with van der Waals surface area (Å²) in [5, 5.41) is 0. The molecule has 1 saturated carbocycles. The number of aromatic nitrogens is 1. The van der Waals surface area contributed by atoms with Crippen LogP contribution in [0.15, 0.2) is 52.1 Å². The molecule has 0 atom stereocenters. The Labute approximate surface area is 196 Å². The highest BCUT2D eigenvalue weighted by Crippen LogP contribution is 2.37. The maximum atomic E-state index is 15.1. The zero-order valence-electron chi connectivity index (χ0n) is 18.4. The first-order chi connectivity index (χ1) is 16.3. The van der Waals surface area contributed by atoms with Crippen molar-refractivity contribution in [2.24, 2.45) is 0 Å². The Kier molecular flexibility index (Phi) is 5.02. The number of carbonyl (C=O) groups excluding carboxylic acids is 1. The molecule has 2 saturated heterocycles. The van der Waals surface area contributed by atoms with Gasteiger partial charge in [0.2, 0.25) is 15.9 Å². The van der Waals surface area contributed by atoms with Gasteiger partial charge >= 0.3 is 0 Å². The van der Waals surface area contributed by atoms with Crippen molar-refractivity contribution in [3.05, 3.63) is 48.6 Å². The Balaban J connectivity index is 1.20. The van der Waals surface area contributed by atoms with Gasteiger partial charge in [0, 0.05) is 19.1 Å². The standard InChI is InChI=1S/C24H24FN3O5S/c25-19-11-16(17-1-5-21-20(12-17)26-15-32-21)2-6-22(19)34(30,31)27-9-7-24(8-10-27)14-28(18-3-4-18)23(29)13-33-24/h1-2,5-6,11-12,15,18H,3-4,7-10,13-14H2. The Bertz CT molecular complexity index is 1380. The molecule has 1 aromatic heterocycles. The van der Waals surface area contributed by atoms with E-state index in [2.05, 4.69) is 4.98 Å². The lowest BCUT2D eigenvalue weighted by molar-refractivity contribution is -0.170. The number of carbonyl (C=O) groups is 1. The maximum Gasteiger partial charge on any atom is 0.248 e. The molecule has 6 rings (SSSR count). The van der Waals surface area contributed by atoms with Crippen LogP contribution in [0.5, 0.6) is 0 Å². The summed E-state index contributed by atoms with van der Waals surface area (Å²) in [6.45, 7) is 0.987. The fourth-order valence-electron chi connectivity index (χ4n) is 4.96. The molecule has 8 nitrogen and oxygen atoms in total. The number of fused-ring (bicyclic) bond motifs is 1. The highest BCUT2D eigenvalue weighted by atomic mass is 32.2. The van der Waals surface area contributed by atoms with Gasteiger partial charge in [-0.15, -0.1) is 0 Å². The molecule has 0 radical (unpaired) electrons. The van der Waals surface area contributed by atoms with E-state index < -0.39 is 21.4 Å². The molecule has 1 aliphatic carbocycles. The molecule has 0 N–H and O–H groups in total. The van der Waals surface area contributed by atoms with E-state index in [1.807, 2.05) is 4.90 Å². The minimum absolute atomic E-state index is 0.00744. The first kappa shape index (κ1) is 21.7. The number of nitrogens with zero attached hydrogens (tertiary/aromatic N) is 3. The number of hydrogen-bond donors (Lipinski definition) is 0. The van der Waals surface area contributed by atoms with E-state index in [4.69, 9.17) is 9.15 Å². The van der Waals surface area contributed by atoms with Crippen LogP contribution in [0.25, 0.3) is 22.2 Å². The van der Waals surface area contributed by atoms with Crippen LogP contribution in [0.3, 0.4) is 0 Å². The fourth-order valence-corrected chi connectivity index (χ4v) is 6.45. The molecule has 3 aliphatic rings. The third-order valence-electron chi connectivity index (χ3n) is 7.12. The van der Waals surface area contributed by atoms with E-state index in [0.29, 0.717) is 47.7 Å². The smallest absolute Gasteiger partial charge is 0.248 e. The van der Waals surface area contributed by atoms with Gasteiger partial charge in [-0.1, -0.05) is 12.1 Å². The summed E-state index contributed by atoms with van der Waals surface area (Å²) in [5.74, 6) is -0.787. The van der Waals surface area contributed by atoms with Gasteiger partial charge in [0.1, 0.15) is 22.8 Å². The summed E-state index contributed by atoms with van der Waals surface area (Å²) in [5.41, 5.74) is 2.01. The van der Waals surface area contributed by atoms with Crippen molar-refractivity contribution in [2.75, 3.05) is 26.2 Å². The normalized spacial score (nSPS) is 21.4. The zero-order chi connectivity index (χ0) is 23.5. The SMILES string of the molecule is O=C1COC2(CCN(S(=O)(=O)c3ccc(-c4ccc5ocnc5c4)cc3F)CC2)CN1C1CC1. The van der Waals surface area contributed by atoms with E-state index >= 15 is 4.39 Å². The molecule has 178 valence electrons. The number of morpholine rings is 1. The molecule has 34 heavy (non-hydrogen) atoms. The number of ether oxygens (including phenoxy) is 1. The van der Waals surface area contributed by atoms with Crippen molar-refractivity contribution >= 4 is 27.0 Å². The molecule has 2 aliphatic heterocycles. The monoisotopic (exact) mass is 485 g/mol. The van der Waals surface area contributed by atoms with Gasteiger partial charge < -0.3 is 14.1 Å². The van der Waals surface area contributed by atoms with Crippen LogP contribution in [0, 0.1) is 5.82 Å². The summed E-state index contributed by atoms with van der Waals surface area (Å²) < 4.78 is 54.0. The molecule has 10 heteroatoms. The number of oxazole rings is 1. The van der Waals surface area contributed by atoms with Crippen molar-refractivity contribution in [1.82, 2.24) is 14.2 Å². The van der Waals surface area contributed by atoms with Crippen LogP contribution < -0.4 is 0 Å². The summed E-state index contributed by atoms with van der Waals surface area (Å²) >= 11 is 0. The minimum Gasteiger partial charge on any atom is -0.443 e. The van der Waals surface area contributed by atoms with Crippen LogP contribution in [-0.4, -0.2) is 66.4 Å². The molecular weight excluding hydrogens is 461 g/mol. The topological polar surface area (TPSA) is 92.9 Å². The van der Waals surface area contributed by atoms with Crippen molar-refractivity contribution < 1.29 is 26.8 Å². The molecule has 1 amide bonds. The Morgan fingerprint density at radius 1 is 1.06 bits per heavy atom. The Hall–Kier alpha value is -2.82. The first-order valence-corrected chi connectivity index (χ1v) is 12.9.